The third kappa shape index (κ3) is 4.01. The van der Waals surface area contributed by atoms with Crippen LogP contribution in [0, 0.1) is 23.0 Å². The molecule has 11 heteroatoms. The maximum Gasteiger partial charge on any atom is 0.270 e. The van der Waals surface area contributed by atoms with Crippen molar-refractivity contribution in [2.24, 2.45) is 5.92 Å². The van der Waals surface area contributed by atoms with Crippen molar-refractivity contribution in [2.75, 3.05) is 18.4 Å². The highest BCUT2D eigenvalue weighted by molar-refractivity contribution is 7.89. The molecule has 2 N–H and O–H groups in total. The van der Waals surface area contributed by atoms with Crippen LogP contribution < -0.4 is 5.32 Å². The number of amides is 1. The molecule has 0 bridgehead atoms. The maximum atomic E-state index is 13.1. The zero-order valence-electron chi connectivity index (χ0n) is 16.7. The lowest BCUT2D eigenvalue weighted by Gasteiger charge is -2.30. The van der Waals surface area contributed by atoms with E-state index >= 15 is 0 Å². The predicted molar refractivity (Wildman–Crippen MR) is 114 cm³/mol. The van der Waals surface area contributed by atoms with E-state index in [1.54, 1.807) is 19.2 Å². The summed E-state index contributed by atoms with van der Waals surface area (Å²) >= 11 is 0. The van der Waals surface area contributed by atoms with Crippen LogP contribution in [0.15, 0.2) is 47.5 Å². The zero-order chi connectivity index (χ0) is 22.2. The van der Waals surface area contributed by atoms with E-state index in [1.165, 1.54) is 16.4 Å². The Bertz CT molecular complexity index is 1260. The Kier molecular flexibility index (Phi) is 5.46. The lowest BCUT2D eigenvalue weighted by molar-refractivity contribution is -0.385. The quantitative estimate of drug-likeness (QED) is 0.459. The Balaban J connectivity index is 1.46. The molecular weight excluding hydrogens is 422 g/mol. The van der Waals surface area contributed by atoms with Gasteiger partial charge in [-0.15, -0.1) is 0 Å². The molecule has 0 atom stereocenters. The molecular formula is C20H21N5O5S. The molecule has 0 radical (unpaired) electrons. The number of carbonyl (C=O) groups excluding carboxylic acids is 1. The number of piperidine rings is 1. The second-order valence-corrected chi connectivity index (χ2v) is 9.42. The number of carbonyl (C=O) groups is 1. The first-order valence-electron chi connectivity index (χ1n) is 9.75. The Morgan fingerprint density at radius 2 is 2.00 bits per heavy atom. The van der Waals surface area contributed by atoms with Crippen molar-refractivity contribution < 1.29 is 18.1 Å². The van der Waals surface area contributed by atoms with Gasteiger partial charge >= 0.3 is 0 Å². The zero-order valence-corrected chi connectivity index (χ0v) is 17.6. The van der Waals surface area contributed by atoms with Gasteiger partial charge in [0, 0.05) is 36.5 Å². The molecule has 162 valence electrons. The first-order chi connectivity index (χ1) is 14.8. The molecule has 1 aliphatic rings. The van der Waals surface area contributed by atoms with E-state index in [9.17, 15) is 23.3 Å². The fourth-order valence-electron chi connectivity index (χ4n) is 3.79. The average molecular weight is 443 g/mol. The summed E-state index contributed by atoms with van der Waals surface area (Å²) in [5.74, 6) is -0.512. The molecule has 1 amide bonds. The van der Waals surface area contributed by atoms with Crippen LogP contribution in [0.5, 0.6) is 0 Å². The number of rotatable bonds is 5. The van der Waals surface area contributed by atoms with E-state index in [4.69, 9.17) is 0 Å². The third-order valence-electron chi connectivity index (χ3n) is 5.56. The summed E-state index contributed by atoms with van der Waals surface area (Å²) in [5.41, 5.74) is 1.53. The standard InChI is InChI=1S/C20H21N5O5S/c1-13-5-6-16(25(27)28)11-18(13)31(29,30)24-9-7-14(8-10-24)20(26)22-17-4-2-3-15-12-21-23-19(15)17/h2-6,11-12,14H,7-10H2,1H3,(H,21,23)(H,22,26). The van der Waals surface area contributed by atoms with Crippen LogP contribution >= 0.6 is 0 Å². The molecule has 2 aromatic carbocycles. The van der Waals surface area contributed by atoms with Crippen molar-refractivity contribution in [2.45, 2.75) is 24.7 Å². The highest BCUT2D eigenvalue weighted by atomic mass is 32.2. The number of hydrogen-bond acceptors (Lipinski definition) is 6. The second kappa shape index (κ2) is 8.08. The molecule has 0 unspecified atom stereocenters. The molecule has 2 heterocycles. The van der Waals surface area contributed by atoms with E-state index in [1.807, 2.05) is 12.1 Å². The number of nitro groups is 1. The Morgan fingerprint density at radius 1 is 1.26 bits per heavy atom. The van der Waals surface area contributed by atoms with Crippen LogP contribution in [0.1, 0.15) is 18.4 Å². The Labute approximate surface area is 178 Å². The average Bonchev–Trinajstić information content (AvgIpc) is 3.24. The minimum atomic E-state index is -3.89. The number of para-hydroxylation sites is 1. The van der Waals surface area contributed by atoms with Crippen LogP contribution in [-0.4, -0.2) is 46.8 Å². The number of benzene rings is 2. The summed E-state index contributed by atoms with van der Waals surface area (Å²) in [5, 5.41) is 21.7. The molecule has 1 fully saturated rings. The molecule has 1 saturated heterocycles. The second-order valence-electron chi connectivity index (χ2n) is 7.51. The number of non-ortho nitro benzene ring substituents is 1. The number of hydrogen-bond donors (Lipinski definition) is 2. The van der Waals surface area contributed by atoms with Gasteiger partial charge in [-0.05, 0) is 31.4 Å². The minimum absolute atomic E-state index is 0.0736. The molecule has 10 nitrogen and oxygen atoms in total. The van der Waals surface area contributed by atoms with Crippen molar-refractivity contribution in [3.63, 3.8) is 0 Å². The molecule has 1 aliphatic heterocycles. The number of sulfonamides is 1. The highest BCUT2D eigenvalue weighted by Crippen LogP contribution is 2.29. The molecule has 0 aliphatic carbocycles. The molecule has 1 aromatic heterocycles. The predicted octanol–water partition coefficient (Wildman–Crippen LogP) is 2.82. The smallest absolute Gasteiger partial charge is 0.270 e. The summed E-state index contributed by atoms with van der Waals surface area (Å²) < 4.78 is 27.4. The largest absolute Gasteiger partial charge is 0.324 e. The fourth-order valence-corrected chi connectivity index (χ4v) is 5.50. The van der Waals surface area contributed by atoms with Crippen LogP contribution in [-0.2, 0) is 14.8 Å². The summed E-state index contributed by atoms with van der Waals surface area (Å²) in [6.07, 6.45) is 2.39. The van der Waals surface area contributed by atoms with E-state index < -0.39 is 14.9 Å². The van der Waals surface area contributed by atoms with Gasteiger partial charge < -0.3 is 5.32 Å². The van der Waals surface area contributed by atoms with E-state index in [-0.39, 0.29) is 35.5 Å². The van der Waals surface area contributed by atoms with Crippen molar-refractivity contribution in [1.82, 2.24) is 14.5 Å². The minimum Gasteiger partial charge on any atom is -0.324 e. The van der Waals surface area contributed by atoms with Crippen LogP contribution in [0.25, 0.3) is 10.9 Å². The first kappa shape index (κ1) is 20.9. The number of fused-ring (bicyclic) bond motifs is 1. The Hall–Kier alpha value is -3.31. The third-order valence-corrected chi connectivity index (χ3v) is 7.60. The number of aryl methyl sites for hydroxylation is 1. The normalized spacial score (nSPS) is 15.8. The summed E-state index contributed by atoms with van der Waals surface area (Å²) in [4.78, 5) is 23.1. The van der Waals surface area contributed by atoms with Gasteiger partial charge in [0.25, 0.3) is 5.69 Å². The van der Waals surface area contributed by atoms with Gasteiger partial charge in [-0.1, -0.05) is 18.2 Å². The molecule has 0 saturated carbocycles. The fraction of sp³-hybridized carbons (Fsp3) is 0.300. The van der Waals surface area contributed by atoms with E-state index in [0.717, 1.165) is 17.0 Å². The van der Waals surface area contributed by atoms with Crippen LogP contribution in [0.3, 0.4) is 0 Å². The van der Waals surface area contributed by atoms with Crippen molar-refractivity contribution in [3.8, 4) is 0 Å². The molecule has 31 heavy (non-hydrogen) atoms. The number of nitro benzene ring substituents is 1. The maximum absolute atomic E-state index is 13.1. The molecule has 0 spiro atoms. The van der Waals surface area contributed by atoms with Gasteiger partial charge in [0.2, 0.25) is 15.9 Å². The monoisotopic (exact) mass is 443 g/mol. The number of nitrogens with zero attached hydrogens (tertiary/aromatic N) is 3. The summed E-state index contributed by atoms with van der Waals surface area (Å²) in [6.45, 7) is 1.93. The molecule has 3 aromatic rings. The van der Waals surface area contributed by atoms with Crippen molar-refractivity contribution in [1.29, 1.82) is 0 Å². The van der Waals surface area contributed by atoms with Gasteiger partial charge in [-0.25, -0.2) is 8.42 Å². The number of aromatic amines is 1. The van der Waals surface area contributed by atoms with Gasteiger partial charge in [0.05, 0.1) is 27.2 Å². The van der Waals surface area contributed by atoms with Crippen molar-refractivity contribution in [3.05, 3.63) is 58.3 Å². The number of H-pyrrole nitrogens is 1. The number of nitrogens with one attached hydrogen (secondary N) is 2. The van der Waals surface area contributed by atoms with Gasteiger partial charge in [0.15, 0.2) is 0 Å². The van der Waals surface area contributed by atoms with Gasteiger partial charge in [-0.3, -0.25) is 20.0 Å². The van der Waals surface area contributed by atoms with E-state index in [2.05, 4.69) is 15.5 Å². The lowest BCUT2D eigenvalue weighted by atomic mass is 9.97. The number of aromatic nitrogens is 2. The lowest BCUT2D eigenvalue weighted by Crippen LogP contribution is -2.41. The SMILES string of the molecule is Cc1ccc([N+](=O)[O-])cc1S(=O)(=O)N1CCC(C(=O)Nc2cccc3cn[nH]c23)CC1. The molecule has 4 rings (SSSR count). The Morgan fingerprint density at radius 3 is 2.71 bits per heavy atom. The summed E-state index contributed by atoms with van der Waals surface area (Å²) in [7, 11) is -3.89. The number of anilines is 1. The van der Waals surface area contributed by atoms with Gasteiger partial charge in [0.1, 0.15) is 0 Å². The van der Waals surface area contributed by atoms with E-state index in [0.29, 0.717) is 24.1 Å². The van der Waals surface area contributed by atoms with Gasteiger partial charge in [-0.2, -0.15) is 9.40 Å². The van der Waals surface area contributed by atoms with Crippen LogP contribution in [0.4, 0.5) is 11.4 Å². The topological polar surface area (TPSA) is 138 Å². The highest BCUT2D eigenvalue weighted by Gasteiger charge is 2.33. The van der Waals surface area contributed by atoms with Crippen LogP contribution in [0.2, 0.25) is 0 Å². The van der Waals surface area contributed by atoms with Crippen molar-refractivity contribution >= 4 is 38.2 Å². The summed E-state index contributed by atoms with van der Waals surface area (Å²) in [6, 6.07) is 9.29. The first-order valence-corrected chi connectivity index (χ1v) is 11.2.